The molecule has 0 unspecified atom stereocenters. The summed E-state index contributed by atoms with van der Waals surface area (Å²) in [5.74, 6) is -1.90. The van der Waals surface area contributed by atoms with Crippen molar-refractivity contribution in [3.8, 4) is 22.7 Å². The highest BCUT2D eigenvalue weighted by Gasteiger charge is 2.13. The maximum Gasteiger partial charge on any atom is 0.189 e. The largest absolute Gasteiger partial charge is 0.507 e. The third-order valence-corrected chi connectivity index (χ3v) is 4.52. The van der Waals surface area contributed by atoms with Gasteiger partial charge in [-0.15, -0.1) is 0 Å². The molecule has 1 heterocycles. The van der Waals surface area contributed by atoms with E-state index in [4.69, 9.17) is 0 Å². The average molecular weight is 402 g/mol. The van der Waals surface area contributed by atoms with E-state index in [-0.39, 0.29) is 11.4 Å². The first-order chi connectivity index (χ1) is 14.5. The molecule has 0 radical (unpaired) electrons. The molecule has 0 aliphatic heterocycles. The molecule has 0 saturated heterocycles. The van der Waals surface area contributed by atoms with E-state index in [2.05, 4.69) is 5.10 Å². The lowest BCUT2D eigenvalue weighted by atomic mass is 10.1. The zero-order valence-corrected chi connectivity index (χ0v) is 15.7. The topological polar surface area (TPSA) is 55.1 Å². The van der Waals surface area contributed by atoms with Crippen molar-refractivity contribution in [1.29, 1.82) is 0 Å². The first-order valence-corrected chi connectivity index (χ1v) is 9.13. The zero-order valence-electron chi connectivity index (χ0n) is 15.7. The molecule has 0 amide bonds. The van der Waals surface area contributed by atoms with Gasteiger partial charge in [0.05, 0.1) is 16.9 Å². The molecule has 0 atom stereocenters. The Balaban J connectivity index is 1.73. The van der Waals surface area contributed by atoms with Crippen molar-refractivity contribution in [1.82, 2.24) is 9.78 Å². The number of hydrogen-bond donors (Lipinski definition) is 1. The second-order valence-electron chi connectivity index (χ2n) is 6.58. The number of benzene rings is 3. The molecule has 0 aliphatic carbocycles. The summed E-state index contributed by atoms with van der Waals surface area (Å²) in [5, 5.41) is 14.4. The number of carbonyl (C=O) groups is 1. The molecular weight excluding hydrogens is 386 g/mol. The Morgan fingerprint density at radius 2 is 1.63 bits per heavy atom. The number of rotatable bonds is 5. The summed E-state index contributed by atoms with van der Waals surface area (Å²) < 4.78 is 28.2. The van der Waals surface area contributed by atoms with Crippen molar-refractivity contribution in [3.63, 3.8) is 0 Å². The van der Waals surface area contributed by atoms with E-state index in [0.717, 1.165) is 17.8 Å². The van der Waals surface area contributed by atoms with Gasteiger partial charge in [-0.1, -0.05) is 18.2 Å². The molecule has 4 aromatic rings. The smallest absolute Gasteiger partial charge is 0.189 e. The summed E-state index contributed by atoms with van der Waals surface area (Å²) >= 11 is 0. The van der Waals surface area contributed by atoms with Gasteiger partial charge in [0.1, 0.15) is 17.4 Å². The number of nitrogens with zero attached hydrogens (tertiary/aromatic N) is 2. The molecule has 1 aromatic heterocycles. The lowest BCUT2D eigenvalue weighted by Gasteiger charge is -2.01. The molecule has 0 saturated carbocycles. The maximum absolute atomic E-state index is 13.3. The Labute approximate surface area is 171 Å². The Bertz CT molecular complexity index is 1230. The second kappa shape index (κ2) is 8.13. The van der Waals surface area contributed by atoms with E-state index in [0.29, 0.717) is 16.8 Å². The fourth-order valence-corrected chi connectivity index (χ4v) is 3.02. The lowest BCUT2D eigenvalue weighted by Crippen LogP contribution is -1.95. The van der Waals surface area contributed by atoms with Gasteiger partial charge in [0.2, 0.25) is 0 Å². The quantitative estimate of drug-likeness (QED) is 0.358. The molecule has 30 heavy (non-hydrogen) atoms. The molecule has 4 nitrogen and oxygen atoms in total. The normalized spacial score (nSPS) is 11.1. The van der Waals surface area contributed by atoms with Crippen LogP contribution in [0, 0.1) is 11.6 Å². The molecule has 6 heteroatoms. The standard InChI is InChI=1S/C24H16F2N2O2/c25-18-9-6-16(7-10-18)24-17(15-28(27-24)20-4-2-1-3-5-20)8-13-22(29)21-12-11-19(26)14-23(21)30/h1-15,30H/b13-8+. The SMILES string of the molecule is O=C(/C=C/c1cn(-c2ccccc2)nc1-c1ccc(F)cc1)c1ccc(F)cc1O. The number of carbonyl (C=O) groups excluding carboxylic acids is 1. The zero-order chi connectivity index (χ0) is 21.1. The highest BCUT2D eigenvalue weighted by Crippen LogP contribution is 2.26. The van der Waals surface area contributed by atoms with Crippen LogP contribution in [0.2, 0.25) is 0 Å². The third-order valence-electron chi connectivity index (χ3n) is 4.52. The number of ketones is 1. The molecule has 0 spiro atoms. The number of hydrogen-bond acceptors (Lipinski definition) is 3. The van der Waals surface area contributed by atoms with Gasteiger partial charge in [0.25, 0.3) is 0 Å². The van der Waals surface area contributed by atoms with Crippen LogP contribution in [-0.4, -0.2) is 20.7 Å². The summed E-state index contributed by atoms with van der Waals surface area (Å²) in [7, 11) is 0. The number of halogens is 2. The monoisotopic (exact) mass is 402 g/mol. The van der Waals surface area contributed by atoms with Gasteiger partial charge >= 0.3 is 0 Å². The van der Waals surface area contributed by atoms with Crippen LogP contribution in [0.5, 0.6) is 5.75 Å². The van der Waals surface area contributed by atoms with Gasteiger partial charge in [-0.05, 0) is 60.7 Å². The van der Waals surface area contributed by atoms with Gasteiger partial charge < -0.3 is 5.11 Å². The first kappa shape index (κ1) is 19.3. The number of aromatic nitrogens is 2. The van der Waals surface area contributed by atoms with Gasteiger partial charge in [0.15, 0.2) is 5.78 Å². The van der Waals surface area contributed by atoms with Crippen LogP contribution < -0.4 is 0 Å². The van der Waals surface area contributed by atoms with E-state index in [1.54, 1.807) is 29.1 Å². The summed E-state index contributed by atoms with van der Waals surface area (Å²) in [6, 6.07) is 18.5. The number of para-hydroxylation sites is 1. The van der Waals surface area contributed by atoms with Gasteiger partial charge in [0, 0.05) is 23.4 Å². The van der Waals surface area contributed by atoms with E-state index < -0.39 is 17.3 Å². The molecule has 0 fully saturated rings. The average Bonchev–Trinajstić information content (AvgIpc) is 3.17. The summed E-state index contributed by atoms with van der Waals surface area (Å²) in [4.78, 5) is 12.5. The molecule has 3 aromatic carbocycles. The maximum atomic E-state index is 13.3. The van der Waals surface area contributed by atoms with Gasteiger partial charge in [-0.2, -0.15) is 5.10 Å². The lowest BCUT2D eigenvalue weighted by molar-refractivity contribution is 0.104. The van der Waals surface area contributed by atoms with Crippen LogP contribution in [-0.2, 0) is 0 Å². The van der Waals surface area contributed by atoms with E-state index >= 15 is 0 Å². The predicted molar refractivity (Wildman–Crippen MR) is 110 cm³/mol. The summed E-state index contributed by atoms with van der Waals surface area (Å²) in [6.07, 6.45) is 4.60. The fourth-order valence-electron chi connectivity index (χ4n) is 3.02. The van der Waals surface area contributed by atoms with E-state index in [1.807, 2.05) is 30.3 Å². The molecule has 4 rings (SSSR count). The predicted octanol–water partition coefficient (Wildman–Crippen LogP) is 5.42. The van der Waals surface area contributed by atoms with Crippen LogP contribution in [0.3, 0.4) is 0 Å². The minimum atomic E-state index is -0.629. The third kappa shape index (κ3) is 4.03. The summed E-state index contributed by atoms with van der Waals surface area (Å²) in [5.41, 5.74) is 2.68. The van der Waals surface area contributed by atoms with E-state index in [1.165, 1.54) is 24.3 Å². The molecule has 148 valence electrons. The van der Waals surface area contributed by atoms with Crippen LogP contribution in [0.25, 0.3) is 23.0 Å². The van der Waals surface area contributed by atoms with Crippen LogP contribution in [0.15, 0.2) is 85.1 Å². The molecule has 1 N–H and O–H groups in total. The Hall–Kier alpha value is -4.06. The van der Waals surface area contributed by atoms with Gasteiger partial charge in [-0.3, -0.25) is 4.79 Å². The minimum Gasteiger partial charge on any atom is -0.507 e. The van der Waals surface area contributed by atoms with Crippen LogP contribution >= 0.6 is 0 Å². The minimum absolute atomic E-state index is 0.00793. The fraction of sp³-hybridized carbons (Fsp3) is 0. The Kier molecular flexibility index (Phi) is 5.22. The van der Waals surface area contributed by atoms with Crippen molar-refractivity contribution in [3.05, 3.63) is 108 Å². The van der Waals surface area contributed by atoms with E-state index in [9.17, 15) is 18.7 Å². The highest BCUT2D eigenvalue weighted by molar-refractivity contribution is 6.08. The van der Waals surface area contributed by atoms with Crippen molar-refractivity contribution in [2.45, 2.75) is 0 Å². The van der Waals surface area contributed by atoms with Crippen molar-refractivity contribution in [2.24, 2.45) is 0 Å². The number of phenolic OH excluding ortho intramolecular Hbond substituents is 1. The molecule has 0 bridgehead atoms. The van der Waals surface area contributed by atoms with Crippen molar-refractivity contribution >= 4 is 11.9 Å². The number of phenols is 1. The van der Waals surface area contributed by atoms with Crippen LogP contribution in [0.1, 0.15) is 15.9 Å². The second-order valence-corrected chi connectivity index (χ2v) is 6.58. The van der Waals surface area contributed by atoms with Crippen molar-refractivity contribution in [2.75, 3.05) is 0 Å². The van der Waals surface area contributed by atoms with Crippen LogP contribution in [0.4, 0.5) is 8.78 Å². The highest BCUT2D eigenvalue weighted by atomic mass is 19.1. The van der Waals surface area contributed by atoms with Gasteiger partial charge in [-0.25, -0.2) is 13.5 Å². The Morgan fingerprint density at radius 3 is 2.33 bits per heavy atom. The molecule has 0 aliphatic rings. The van der Waals surface area contributed by atoms with Crippen molar-refractivity contribution < 1.29 is 18.7 Å². The Morgan fingerprint density at radius 1 is 0.933 bits per heavy atom. The number of allylic oxidation sites excluding steroid dienone is 1. The molecular formula is C24H16F2N2O2. The number of aromatic hydroxyl groups is 1. The summed E-state index contributed by atoms with van der Waals surface area (Å²) in [6.45, 7) is 0. The first-order valence-electron chi connectivity index (χ1n) is 9.13.